The summed E-state index contributed by atoms with van der Waals surface area (Å²) in [5, 5.41) is 14.5. The summed E-state index contributed by atoms with van der Waals surface area (Å²) < 4.78 is 35.6. The van der Waals surface area contributed by atoms with Crippen LogP contribution in [-0.2, 0) is 26.2 Å². The first-order valence-electron chi connectivity index (χ1n) is 13.2. The van der Waals surface area contributed by atoms with Crippen molar-refractivity contribution < 1.29 is 37.4 Å². The van der Waals surface area contributed by atoms with Crippen molar-refractivity contribution in [3.8, 4) is 11.5 Å². The Bertz CT molecular complexity index is 1430. The van der Waals surface area contributed by atoms with Gasteiger partial charge < -0.3 is 20.1 Å². The van der Waals surface area contributed by atoms with Crippen molar-refractivity contribution in [3.05, 3.63) is 83.7 Å². The number of nitrogens with zero attached hydrogens (tertiary/aromatic N) is 1. The highest BCUT2D eigenvalue weighted by Gasteiger charge is 2.28. The van der Waals surface area contributed by atoms with E-state index >= 15 is 0 Å². The number of methoxy groups -OCH3 is 2. The molecule has 0 aliphatic carbocycles. The Labute approximate surface area is 246 Å². The lowest BCUT2D eigenvalue weighted by Crippen LogP contribution is -2.39. The van der Waals surface area contributed by atoms with Crippen LogP contribution >= 0.6 is 0 Å². The van der Waals surface area contributed by atoms with E-state index in [1.54, 1.807) is 26.3 Å². The molecule has 1 atom stereocenters. The molecule has 0 aliphatic rings. The largest absolute Gasteiger partial charge is 0.493 e. The number of aryl methyl sites for hydroxylation is 1. The molecule has 225 valence electrons. The molecule has 11 nitrogen and oxygen atoms in total. The number of benzene rings is 2. The van der Waals surface area contributed by atoms with Crippen LogP contribution in [-0.4, -0.2) is 57.3 Å². The molecule has 0 spiro atoms. The van der Waals surface area contributed by atoms with Crippen LogP contribution in [0.15, 0.2) is 71.8 Å². The van der Waals surface area contributed by atoms with Crippen LogP contribution in [0.3, 0.4) is 0 Å². The molecule has 0 bridgehead atoms. The number of hydrogen-bond acceptors (Lipinski definition) is 8. The lowest BCUT2D eigenvalue weighted by molar-refractivity contribution is -0.143. The predicted octanol–water partition coefficient (Wildman–Crippen LogP) is 4.07. The van der Waals surface area contributed by atoms with Crippen molar-refractivity contribution in [2.24, 2.45) is 0 Å². The van der Waals surface area contributed by atoms with E-state index in [9.17, 15) is 27.9 Å². The average molecular weight is 599 g/mol. The van der Waals surface area contributed by atoms with Gasteiger partial charge in [0, 0.05) is 30.0 Å². The Kier molecular flexibility index (Phi) is 13.4. The molecular weight excluding hydrogens is 562 g/mol. The highest BCUT2D eigenvalue weighted by atomic mass is 32.2. The molecule has 3 aromatic rings. The second-order valence-electron chi connectivity index (χ2n) is 9.19. The van der Waals surface area contributed by atoms with Gasteiger partial charge in [-0.1, -0.05) is 25.5 Å². The molecule has 0 aliphatic heterocycles. The molecule has 1 radical (unpaired) electrons. The molecule has 3 rings (SSSR count). The molecule has 1 aromatic heterocycles. The van der Waals surface area contributed by atoms with Gasteiger partial charge in [0.25, 0.3) is 15.7 Å². The second kappa shape index (κ2) is 16.7. The molecule has 0 saturated heterocycles. The molecule has 1 unspecified atom stereocenters. The second-order valence-corrected chi connectivity index (χ2v) is 11.0. The Hall–Kier alpha value is -4.45. The van der Waals surface area contributed by atoms with Gasteiger partial charge in [0.05, 0.1) is 25.5 Å². The van der Waals surface area contributed by atoms with Crippen LogP contribution in [0, 0.1) is 6.92 Å². The van der Waals surface area contributed by atoms with Crippen LogP contribution < -0.4 is 20.1 Å². The molecule has 0 fully saturated rings. The molecule has 0 saturated carbocycles. The average Bonchev–Trinajstić information content (AvgIpc) is 2.97. The third-order valence-electron chi connectivity index (χ3n) is 6.00. The maximum Gasteiger partial charge on any atom is 0.357 e. The molecule has 2 N–H and O–H groups in total. The van der Waals surface area contributed by atoms with E-state index in [2.05, 4.69) is 15.6 Å². The summed E-state index contributed by atoms with van der Waals surface area (Å²) in [6, 6.07) is 15.4. The van der Waals surface area contributed by atoms with Crippen LogP contribution in [0.1, 0.15) is 47.8 Å². The smallest absolute Gasteiger partial charge is 0.357 e. The zero-order valence-electron chi connectivity index (χ0n) is 24.1. The van der Waals surface area contributed by atoms with E-state index in [0.29, 0.717) is 30.9 Å². The van der Waals surface area contributed by atoms with Crippen LogP contribution in [0.2, 0.25) is 0 Å². The standard InChI is InChI=1S/C24H29N2O8S.C6H7N/c1-4-5-18(15-22(27)28)26-24(30)35(31,32)19-9-7-17(8-10-19)23(29)25-13-12-16-6-11-20(33-2)21(14-16)34-3;1-6-4-2-3-5-7-6/h6-11,14,18H,4-5,12-13,15H2,1-3H3,(H,25,29)(H,26,30);2-5H,1H3. The predicted molar refractivity (Wildman–Crippen MR) is 156 cm³/mol. The van der Waals surface area contributed by atoms with Crippen molar-refractivity contribution in [3.63, 3.8) is 0 Å². The first kappa shape index (κ1) is 33.8. The van der Waals surface area contributed by atoms with E-state index < -0.39 is 39.4 Å². The van der Waals surface area contributed by atoms with E-state index in [-0.39, 0.29) is 16.9 Å². The monoisotopic (exact) mass is 598 g/mol. The van der Waals surface area contributed by atoms with Crippen molar-refractivity contribution in [1.82, 2.24) is 15.6 Å². The number of pyridine rings is 1. The third-order valence-corrected chi connectivity index (χ3v) is 7.50. The van der Waals surface area contributed by atoms with E-state index in [0.717, 1.165) is 23.4 Å². The van der Waals surface area contributed by atoms with Crippen molar-refractivity contribution in [2.75, 3.05) is 20.8 Å². The topological polar surface area (TPSA) is 161 Å². The van der Waals surface area contributed by atoms with E-state index in [4.69, 9.17) is 9.47 Å². The minimum Gasteiger partial charge on any atom is -0.493 e. The summed E-state index contributed by atoms with van der Waals surface area (Å²) in [7, 11) is -1.33. The number of carbonyl (C=O) groups excluding carboxylic acids is 3. The van der Waals surface area contributed by atoms with Crippen molar-refractivity contribution in [1.29, 1.82) is 0 Å². The number of hydrogen-bond donors (Lipinski definition) is 2. The number of rotatable bonds is 12. The number of aromatic nitrogens is 1. The lowest BCUT2D eigenvalue weighted by atomic mass is 10.1. The number of sulfone groups is 1. The zero-order chi connectivity index (χ0) is 31.1. The maximum absolute atomic E-state index is 12.6. The normalized spacial score (nSPS) is 11.3. The number of nitrogens with one attached hydrogen (secondary N) is 2. The van der Waals surface area contributed by atoms with Gasteiger partial charge in [0.1, 0.15) is 0 Å². The first-order valence-corrected chi connectivity index (χ1v) is 14.7. The summed E-state index contributed by atoms with van der Waals surface area (Å²) in [4.78, 5) is 39.2. The van der Waals surface area contributed by atoms with E-state index in [1.807, 2.05) is 37.3 Å². The van der Waals surface area contributed by atoms with Gasteiger partial charge in [-0.3, -0.25) is 14.6 Å². The first-order chi connectivity index (χ1) is 20.0. The van der Waals surface area contributed by atoms with Crippen molar-refractivity contribution >= 4 is 27.0 Å². The zero-order valence-corrected chi connectivity index (χ0v) is 24.9. The van der Waals surface area contributed by atoms with Gasteiger partial charge >= 0.3 is 11.2 Å². The summed E-state index contributed by atoms with van der Waals surface area (Å²) in [5.74, 6) is -0.611. The fourth-order valence-electron chi connectivity index (χ4n) is 3.82. The maximum atomic E-state index is 12.6. The third kappa shape index (κ3) is 10.5. The Balaban J connectivity index is 0.000000766. The SMILES string of the molecule is CCCC(CC([O])=O)NC(=O)S(=O)(=O)c1ccc(C(=O)NCCc2ccc(OC)c(OC)c2)cc1.Cc1ccccn1. The van der Waals surface area contributed by atoms with Gasteiger partial charge in [-0.25, -0.2) is 18.3 Å². The van der Waals surface area contributed by atoms with Gasteiger partial charge in [0.15, 0.2) is 11.5 Å². The molecule has 2 aromatic carbocycles. The van der Waals surface area contributed by atoms with Gasteiger partial charge in [-0.2, -0.15) is 0 Å². The quantitative estimate of drug-likeness (QED) is 0.315. The van der Waals surface area contributed by atoms with Gasteiger partial charge in [-0.15, -0.1) is 0 Å². The Morgan fingerprint density at radius 3 is 2.17 bits per heavy atom. The summed E-state index contributed by atoms with van der Waals surface area (Å²) in [6.07, 6.45) is 2.67. The molecule has 12 heteroatoms. The van der Waals surface area contributed by atoms with E-state index in [1.165, 1.54) is 19.2 Å². The molecule has 42 heavy (non-hydrogen) atoms. The van der Waals surface area contributed by atoms with Gasteiger partial charge in [-0.05, 0) is 73.9 Å². The minimum atomic E-state index is -4.41. The molecule has 1 heterocycles. The number of amides is 2. The minimum absolute atomic E-state index is 0.220. The lowest BCUT2D eigenvalue weighted by Gasteiger charge is -2.15. The van der Waals surface area contributed by atoms with Crippen molar-refractivity contribution in [2.45, 2.75) is 50.5 Å². The fourth-order valence-corrected chi connectivity index (χ4v) is 4.85. The molecular formula is C30H36N3O8S. The van der Waals surface area contributed by atoms with Crippen LogP contribution in [0.25, 0.3) is 0 Å². The Morgan fingerprint density at radius 2 is 1.64 bits per heavy atom. The van der Waals surface area contributed by atoms with Crippen LogP contribution in [0.5, 0.6) is 11.5 Å². The fraction of sp³-hybridized carbons (Fsp3) is 0.333. The molecule has 2 amide bonds. The van der Waals surface area contributed by atoms with Gasteiger partial charge in [0.2, 0.25) is 0 Å². The highest BCUT2D eigenvalue weighted by molar-refractivity contribution is 8.06. The summed E-state index contributed by atoms with van der Waals surface area (Å²) in [5.41, 5.74) is 2.22. The summed E-state index contributed by atoms with van der Waals surface area (Å²) >= 11 is 0. The summed E-state index contributed by atoms with van der Waals surface area (Å²) in [6.45, 7) is 4.08. The van der Waals surface area contributed by atoms with Crippen LogP contribution in [0.4, 0.5) is 4.79 Å². The highest BCUT2D eigenvalue weighted by Crippen LogP contribution is 2.27. The Morgan fingerprint density at radius 1 is 0.952 bits per heavy atom. The number of ether oxygens (including phenoxy) is 2. The number of carbonyl (C=O) groups is 3.